The van der Waals surface area contributed by atoms with Crippen molar-refractivity contribution in [3.8, 4) is 0 Å². The Morgan fingerprint density at radius 2 is 2.07 bits per heavy atom. The first-order valence-corrected chi connectivity index (χ1v) is 5.37. The summed E-state index contributed by atoms with van der Waals surface area (Å²) in [5, 5.41) is 9.51. The number of rotatable bonds is 2. The molecule has 1 aliphatic heterocycles. The molecule has 0 aliphatic carbocycles. The lowest BCUT2D eigenvalue weighted by Crippen LogP contribution is -2.45. The second kappa shape index (κ2) is 4.30. The zero-order valence-electron chi connectivity index (χ0n) is 9.36. The van der Waals surface area contributed by atoms with Gasteiger partial charge in [0.25, 0.3) is 0 Å². The molecule has 0 amide bonds. The highest BCUT2D eigenvalue weighted by atomic mass is 16.6. The Bertz CT molecular complexity index is 213. The summed E-state index contributed by atoms with van der Waals surface area (Å²) in [5.74, 6) is 0.273. The molecule has 4 atom stereocenters. The van der Waals surface area contributed by atoms with E-state index in [1.54, 1.807) is 0 Å². The van der Waals surface area contributed by atoms with Crippen LogP contribution in [-0.2, 0) is 9.53 Å². The van der Waals surface area contributed by atoms with Crippen LogP contribution in [0, 0.1) is 23.7 Å². The van der Waals surface area contributed by atoms with Crippen LogP contribution in [0.5, 0.6) is 0 Å². The van der Waals surface area contributed by atoms with Gasteiger partial charge in [0.1, 0.15) is 0 Å². The van der Waals surface area contributed by atoms with Crippen molar-refractivity contribution in [1.29, 1.82) is 0 Å². The van der Waals surface area contributed by atoms with Crippen LogP contribution in [0.25, 0.3) is 0 Å². The molecule has 3 nitrogen and oxygen atoms in total. The lowest BCUT2D eigenvalue weighted by atomic mass is 9.73. The molecule has 0 aromatic rings. The molecule has 0 bridgehead atoms. The van der Waals surface area contributed by atoms with Crippen molar-refractivity contribution in [2.24, 2.45) is 23.7 Å². The molecule has 1 saturated heterocycles. The zero-order chi connectivity index (χ0) is 10.9. The van der Waals surface area contributed by atoms with Crippen molar-refractivity contribution in [1.82, 2.24) is 0 Å². The lowest BCUT2D eigenvalue weighted by Gasteiger charge is -2.39. The molecule has 3 heteroatoms. The van der Waals surface area contributed by atoms with E-state index in [0.717, 1.165) is 6.42 Å². The highest BCUT2D eigenvalue weighted by Crippen LogP contribution is 2.37. The van der Waals surface area contributed by atoms with E-state index >= 15 is 0 Å². The van der Waals surface area contributed by atoms with Crippen LogP contribution in [0.3, 0.4) is 0 Å². The summed E-state index contributed by atoms with van der Waals surface area (Å²) < 4.78 is 4.92. The molecule has 1 aliphatic rings. The molecule has 1 heterocycles. The Morgan fingerprint density at radius 3 is 2.50 bits per heavy atom. The Labute approximate surface area is 85.5 Å². The number of ether oxygens (including phenoxy) is 1. The monoisotopic (exact) mass is 200 g/mol. The topological polar surface area (TPSA) is 46.5 Å². The van der Waals surface area contributed by atoms with Crippen LogP contribution in [0.15, 0.2) is 0 Å². The van der Waals surface area contributed by atoms with Gasteiger partial charge in [-0.05, 0) is 11.8 Å². The van der Waals surface area contributed by atoms with E-state index < -0.39 is 6.29 Å². The van der Waals surface area contributed by atoms with Gasteiger partial charge in [-0.3, -0.25) is 4.79 Å². The van der Waals surface area contributed by atoms with Gasteiger partial charge in [0, 0.05) is 5.92 Å². The van der Waals surface area contributed by atoms with Crippen LogP contribution in [0.4, 0.5) is 0 Å². The third-order valence-corrected chi connectivity index (χ3v) is 3.29. The van der Waals surface area contributed by atoms with Gasteiger partial charge < -0.3 is 9.84 Å². The predicted molar refractivity (Wildman–Crippen MR) is 53.4 cm³/mol. The van der Waals surface area contributed by atoms with Gasteiger partial charge >= 0.3 is 5.97 Å². The number of hydrogen-bond acceptors (Lipinski definition) is 3. The van der Waals surface area contributed by atoms with Crippen LogP contribution < -0.4 is 0 Å². The van der Waals surface area contributed by atoms with E-state index in [-0.39, 0.29) is 29.6 Å². The van der Waals surface area contributed by atoms with Gasteiger partial charge in [-0.15, -0.1) is 0 Å². The average Bonchev–Trinajstić information content (AvgIpc) is 2.09. The van der Waals surface area contributed by atoms with E-state index in [9.17, 15) is 9.90 Å². The Hall–Kier alpha value is -0.570. The molecule has 1 rings (SSSR count). The largest absolute Gasteiger partial charge is 0.435 e. The molecule has 0 radical (unpaired) electrons. The van der Waals surface area contributed by atoms with E-state index in [4.69, 9.17) is 4.74 Å². The second-order valence-corrected chi connectivity index (χ2v) is 4.53. The van der Waals surface area contributed by atoms with Crippen molar-refractivity contribution < 1.29 is 14.6 Å². The summed E-state index contributed by atoms with van der Waals surface area (Å²) in [6.45, 7) is 8.06. The molecule has 0 aromatic carbocycles. The van der Waals surface area contributed by atoms with Crippen molar-refractivity contribution in [2.45, 2.75) is 40.4 Å². The van der Waals surface area contributed by atoms with Crippen molar-refractivity contribution in [3.05, 3.63) is 0 Å². The zero-order valence-corrected chi connectivity index (χ0v) is 9.36. The lowest BCUT2D eigenvalue weighted by molar-refractivity contribution is -0.208. The van der Waals surface area contributed by atoms with Crippen molar-refractivity contribution in [2.75, 3.05) is 0 Å². The maximum Gasteiger partial charge on any atom is 0.311 e. The number of carbonyl (C=O) groups is 1. The molecular formula is C11H20O3. The minimum absolute atomic E-state index is 0.0464. The van der Waals surface area contributed by atoms with Crippen LogP contribution in [0.2, 0.25) is 0 Å². The standard InChI is InChI=1S/C11H20O3/c1-5-8-7(4)10(12)14-11(13)9(8)6(2)3/h6-10,12H,5H2,1-4H3/t7?,8-,9-,10?/m1/s1. The van der Waals surface area contributed by atoms with Crippen LogP contribution in [0.1, 0.15) is 34.1 Å². The van der Waals surface area contributed by atoms with E-state index in [2.05, 4.69) is 6.92 Å². The Kier molecular flexibility index (Phi) is 3.53. The fourth-order valence-corrected chi connectivity index (χ4v) is 2.41. The summed E-state index contributed by atoms with van der Waals surface area (Å²) in [4.78, 5) is 11.6. The normalized spacial score (nSPS) is 38.6. The fourth-order valence-electron chi connectivity index (χ4n) is 2.41. The average molecular weight is 200 g/mol. The molecule has 0 spiro atoms. The van der Waals surface area contributed by atoms with Crippen LogP contribution >= 0.6 is 0 Å². The maximum absolute atomic E-state index is 11.6. The predicted octanol–water partition coefficient (Wildman–Crippen LogP) is 1.80. The van der Waals surface area contributed by atoms with Gasteiger partial charge in [-0.1, -0.05) is 34.1 Å². The summed E-state index contributed by atoms with van der Waals surface area (Å²) in [5.41, 5.74) is 0. The third kappa shape index (κ3) is 1.92. The van der Waals surface area contributed by atoms with E-state index in [1.807, 2.05) is 20.8 Å². The third-order valence-electron chi connectivity index (χ3n) is 3.29. The summed E-state index contributed by atoms with van der Waals surface area (Å²) in [6.07, 6.45) is -0.00153. The molecule has 0 aromatic heterocycles. The molecule has 1 N–H and O–H groups in total. The Morgan fingerprint density at radius 1 is 1.50 bits per heavy atom. The van der Waals surface area contributed by atoms with Gasteiger partial charge in [0.15, 0.2) is 0 Å². The quantitative estimate of drug-likeness (QED) is 0.691. The number of esters is 1. The van der Waals surface area contributed by atoms with Crippen LogP contribution in [-0.4, -0.2) is 17.4 Å². The molecular weight excluding hydrogens is 180 g/mol. The number of carbonyl (C=O) groups excluding carboxylic acids is 1. The minimum Gasteiger partial charge on any atom is -0.435 e. The van der Waals surface area contributed by atoms with Gasteiger partial charge in [-0.2, -0.15) is 0 Å². The van der Waals surface area contributed by atoms with Gasteiger partial charge in [0.2, 0.25) is 6.29 Å². The molecule has 2 unspecified atom stereocenters. The fraction of sp³-hybridized carbons (Fsp3) is 0.909. The molecule has 0 saturated carbocycles. The molecule has 82 valence electrons. The first kappa shape index (κ1) is 11.5. The summed E-state index contributed by atoms with van der Waals surface area (Å²) in [6, 6.07) is 0. The maximum atomic E-state index is 11.6. The molecule has 14 heavy (non-hydrogen) atoms. The Balaban J connectivity index is 2.85. The number of hydrogen-bond donors (Lipinski definition) is 1. The van der Waals surface area contributed by atoms with Gasteiger partial charge in [0.05, 0.1) is 5.92 Å². The SMILES string of the molecule is CC[C@@H]1C(C)C(O)OC(=O)[C@@H]1C(C)C. The van der Waals surface area contributed by atoms with Crippen molar-refractivity contribution >= 4 is 5.97 Å². The summed E-state index contributed by atoms with van der Waals surface area (Å²) in [7, 11) is 0. The highest BCUT2D eigenvalue weighted by Gasteiger charge is 2.43. The second-order valence-electron chi connectivity index (χ2n) is 4.53. The number of aliphatic hydroxyl groups excluding tert-OH is 1. The minimum atomic E-state index is -0.914. The van der Waals surface area contributed by atoms with E-state index in [0.29, 0.717) is 0 Å². The smallest absolute Gasteiger partial charge is 0.311 e. The first-order valence-electron chi connectivity index (χ1n) is 5.37. The highest BCUT2D eigenvalue weighted by molar-refractivity contribution is 5.74. The number of aliphatic hydroxyl groups is 1. The number of cyclic esters (lactones) is 1. The summed E-state index contributed by atoms with van der Waals surface area (Å²) >= 11 is 0. The first-order chi connectivity index (χ1) is 6.49. The molecule has 1 fully saturated rings. The van der Waals surface area contributed by atoms with Gasteiger partial charge in [-0.25, -0.2) is 0 Å². The van der Waals surface area contributed by atoms with Crippen molar-refractivity contribution in [3.63, 3.8) is 0 Å². The van der Waals surface area contributed by atoms with E-state index in [1.165, 1.54) is 0 Å².